The molecule has 0 aliphatic heterocycles. The molecule has 0 unspecified atom stereocenters. The maximum atomic E-state index is 13.5. The SMILES string of the molecule is COc1cccc(C(=O)N(CCC(=O)Nc2nnc(-c3ccccc3)s2)[C@H](C)c2ccccc2)c1. The molecular formula is C27H26N4O3S. The van der Waals surface area contributed by atoms with Crippen LogP contribution in [0.3, 0.4) is 0 Å². The van der Waals surface area contributed by atoms with Gasteiger partial charge in [-0.1, -0.05) is 78.1 Å². The highest BCUT2D eigenvalue weighted by molar-refractivity contribution is 7.18. The highest BCUT2D eigenvalue weighted by Gasteiger charge is 2.24. The highest BCUT2D eigenvalue weighted by atomic mass is 32.1. The van der Waals surface area contributed by atoms with E-state index in [2.05, 4.69) is 15.5 Å². The molecule has 4 aromatic rings. The Bertz CT molecular complexity index is 1280. The summed E-state index contributed by atoms with van der Waals surface area (Å²) in [5.74, 6) is 0.200. The maximum Gasteiger partial charge on any atom is 0.254 e. The molecule has 0 aliphatic carbocycles. The van der Waals surface area contributed by atoms with Crippen molar-refractivity contribution in [1.82, 2.24) is 15.1 Å². The van der Waals surface area contributed by atoms with Crippen molar-refractivity contribution in [1.29, 1.82) is 0 Å². The molecule has 3 aromatic carbocycles. The summed E-state index contributed by atoms with van der Waals surface area (Å²) in [6, 6.07) is 26.2. The summed E-state index contributed by atoms with van der Waals surface area (Å²) >= 11 is 1.31. The van der Waals surface area contributed by atoms with Crippen molar-refractivity contribution >= 4 is 28.3 Å². The molecular weight excluding hydrogens is 460 g/mol. The number of carbonyl (C=O) groups is 2. The lowest BCUT2D eigenvalue weighted by atomic mass is 10.0. The van der Waals surface area contributed by atoms with Crippen LogP contribution in [-0.2, 0) is 4.79 Å². The molecule has 0 radical (unpaired) electrons. The van der Waals surface area contributed by atoms with Gasteiger partial charge in [0.15, 0.2) is 0 Å². The van der Waals surface area contributed by atoms with Gasteiger partial charge in [0, 0.05) is 24.1 Å². The number of methoxy groups -OCH3 is 1. The van der Waals surface area contributed by atoms with Crippen LogP contribution < -0.4 is 10.1 Å². The van der Waals surface area contributed by atoms with E-state index in [1.165, 1.54) is 11.3 Å². The lowest BCUT2D eigenvalue weighted by molar-refractivity contribution is -0.116. The summed E-state index contributed by atoms with van der Waals surface area (Å²) in [5.41, 5.74) is 2.43. The minimum Gasteiger partial charge on any atom is -0.497 e. The van der Waals surface area contributed by atoms with Crippen LogP contribution in [0.5, 0.6) is 5.75 Å². The van der Waals surface area contributed by atoms with E-state index >= 15 is 0 Å². The molecule has 7 nitrogen and oxygen atoms in total. The first-order valence-electron chi connectivity index (χ1n) is 11.2. The van der Waals surface area contributed by atoms with Crippen molar-refractivity contribution in [2.75, 3.05) is 19.0 Å². The Morgan fingerprint density at radius 1 is 0.971 bits per heavy atom. The second kappa shape index (κ2) is 11.4. The summed E-state index contributed by atoms with van der Waals surface area (Å²) in [6.45, 7) is 2.20. The number of aromatic nitrogens is 2. The summed E-state index contributed by atoms with van der Waals surface area (Å²) in [7, 11) is 1.56. The monoisotopic (exact) mass is 486 g/mol. The van der Waals surface area contributed by atoms with Gasteiger partial charge in [0.1, 0.15) is 10.8 Å². The molecule has 0 saturated carbocycles. The average Bonchev–Trinajstić information content (AvgIpc) is 3.38. The van der Waals surface area contributed by atoms with Crippen LogP contribution >= 0.6 is 11.3 Å². The molecule has 1 N–H and O–H groups in total. The van der Waals surface area contributed by atoms with Crippen molar-refractivity contribution in [3.63, 3.8) is 0 Å². The molecule has 0 aliphatic rings. The predicted octanol–water partition coefficient (Wildman–Crippen LogP) is 5.45. The maximum absolute atomic E-state index is 13.5. The van der Waals surface area contributed by atoms with Crippen molar-refractivity contribution in [3.05, 3.63) is 96.1 Å². The number of rotatable bonds is 9. The van der Waals surface area contributed by atoms with E-state index in [9.17, 15) is 9.59 Å². The van der Waals surface area contributed by atoms with Crippen LogP contribution in [0.4, 0.5) is 5.13 Å². The van der Waals surface area contributed by atoms with Crippen molar-refractivity contribution < 1.29 is 14.3 Å². The first kappa shape index (κ1) is 24.1. The molecule has 4 rings (SSSR count). The van der Waals surface area contributed by atoms with E-state index in [1.54, 1.807) is 36.3 Å². The van der Waals surface area contributed by atoms with E-state index < -0.39 is 0 Å². The molecule has 2 amide bonds. The third-order valence-electron chi connectivity index (χ3n) is 5.60. The van der Waals surface area contributed by atoms with Crippen LogP contribution in [0.15, 0.2) is 84.9 Å². The standard InChI is InChI=1S/C27H26N4O3S/c1-19(20-10-5-3-6-11-20)31(26(33)22-14-9-15-23(18-22)34-2)17-16-24(32)28-27-30-29-25(35-27)21-12-7-4-8-13-21/h3-15,18-19H,16-17H2,1-2H3,(H,28,30,32)/t19-/m1/s1. The van der Waals surface area contributed by atoms with Crippen molar-refractivity contribution in [2.45, 2.75) is 19.4 Å². The zero-order valence-electron chi connectivity index (χ0n) is 19.5. The normalized spacial score (nSPS) is 11.5. The Labute approximate surface area is 208 Å². The van der Waals surface area contributed by atoms with Gasteiger partial charge in [-0.05, 0) is 30.7 Å². The second-order valence-corrected chi connectivity index (χ2v) is 8.87. The van der Waals surface area contributed by atoms with Gasteiger partial charge in [-0.3, -0.25) is 9.59 Å². The van der Waals surface area contributed by atoms with E-state index in [-0.39, 0.29) is 30.8 Å². The zero-order chi connectivity index (χ0) is 24.6. The molecule has 1 atom stereocenters. The smallest absolute Gasteiger partial charge is 0.254 e. The average molecular weight is 487 g/mol. The van der Waals surface area contributed by atoms with Crippen molar-refractivity contribution in [2.24, 2.45) is 0 Å². The fourth-order valence-corrected chi connectivity index (χ4v) is 4.44. The quantitative estimate of drug-likeness (QED) is 0.340. The molecule has 1 aromatic heterocycles. The van der Waals surface area contributed by atoms with Gasteiger partial charge >= 0.3 is 0 Å². The minimum atomic E-state index is -0.232. The second-order valence-electron chi connectivity index (χ2n) is 7.89. The molecule has 8 heteroatoms. The van der Waals surface area contributed by atoms with Gasteiger partial charge in [0.25, 0.3) is 5.91 Å². The Hall–Kier alpha value is -4.04. The number of ether oxygens (including phenoxy) is 1. The fourth-order valence-electron chi connectivity index (χ4n) is 3.68. The Morgan fingerprint density at radius 2 is 1.69 bits per heavy atom. The number of nitrogens with zero attached hydrogens (tertiary/aromatic N) is 3. The van der Waals surface area contributed by atoms with Crippen LogP contribution in [0.2, 0.25) is 0 Å². The van der Waals surface area contributed by atoms with Gasteiger partial charge in [-0.15, -0.1) is 10.2 Å². The summed E-state index contributed by atoms with van der Waals surface area (Å²) in [4.78, 5) is 27.9. The van der Waals surface area contributed by atoms with E-state index in [1.807, 2.05) is 67.6 Å². The largest absolute Gasteiger partial charge is 0.497 e. The number of carbonyl (C=O) groups excluding carboxylic acids is 2. The molecule has 1 heterocycles. The van der Waals surface area contributed by atoms with Gasteiger partial charge < -0.3 is 15.0 Å². The van der Waals surface area contributed by atoms with Crippen LogP contribution in [0, 0.1) is 0 Å². The van der Waals surface area contributed by atoms with Gasteiger partial charge in [-0.2, -0.15) is 0 Å². The number of hydrogen-bond acceptors (Lipinski definition) is 6. The summed E-state index contributed by atoms with van der Waals surface area (Å²) in [6.07, 6.45) is 0.118. The van der Waals surface area contributed by atoms with Gasteiger partial charge in [-0.25, -0.2) is 0 Å². The Balaban J connectivity index is 1.47. The number of amides is 2. The summed E-state index contributed by atoms with van der Waals surface area (Å²) < 4.78 is 5.28. The minimum absolute atomic E-state index is 0.118. The third-order valence-corrected chi connectivity index (χ3v) is 6.49. The Morgan fingerprint density at radius 3 is 2.40 bits per heavy atom. The van der Waals surface area contributed by atoms with Crippen LogP contribution in [0.1, 0.15) is 35.3 Å². The van der Waals surface area contributed by atoms with Gasteiger partial charge in [0.2, 0.25) is 11.0 Å². The lowest BCUT2D eigenvalue weighted by Gasteiger charge is -2.30. The number of nitrogens with one attached hydrogen (secondary N) is 1. The van der Waals surface area contributed by atoms with Crippen LogP contribution in [-0.4, -0.2) is 40.6 Å². The number of hydrogen-bond donors (Lipinski definition) is 1. The highest BCUT2D eigenvalue weighted by Crippen LogP contribution is 2.27. The molecule has 178 valence electrons. The molecule has 0 saturated heterocycles. The Kier molecular flexibility index (Phi) is 7.84. The number of anilines is 1. The topological polar surface area (TPSA) is 84.4 Å². The lowest BCUT2D eigenvalue weighted by Crippen LogP contribution is -2.36. The molecule has 0 fully saturated rings. The molecule has 0 bridgehead atoms. The number of benzene rings is 3. The van der Waals surface area contributed by atoms with E-state index in [4.69, 9.17) is 4.74 Å². The predicted molar refractivity (Wildman–Crippen MR) is 137 cm³/mol. The summed E-state index contributed by atoms with van der Waals surface area (Å²) in [5, 5.41) is 12.2. The molecule has 35 heavy (non-hydrogen) atoms. The first-order chi connectivity index (χ1) is 17.0. The van der Waals surface area contributed by atoms with Gasteiger partial charge in [0.05, 0.1) is 13.2 Å². The first-order valence-corrected chi connectivity index (χ1v) is 12.1. The van der Waals surface area contributed by atoms with Crippen molar-refractivity contribution in [3.8, 4) is 16.3 Å². The zero-order valence-corrected chi connectivity index (χ0v) is 20.4. The van der Waals surface area contributed by atoms with E-state index in [0.717, 1.165) is 16.1 Å². The fraction of sp³-hybridized carbons (Fsp3) is 0.185. The molecule has 0 spiro atoms. The van der Waals surface area contributed by atoms with Crippen LogP contribution in [0.25, 0.3) is 10.6 Å². The third kappa shape index (κ3) is 6.10. The van der Waals surface area contributed by atoms with E-state index in [0.29, 0.717) is 16.4 Å².